The molecule has 0 radical (unpaired) electrons. The lowest BCUT2D eigenvalue weighted by molar-refractivity contribution is -0.127. The van der Waals surface area contributed by atoms with Crippen molar-refractivity contribution in [1.29, 1.82) is 0 Å². The fourth-order valence-electron chi connectivity index (χ4n) is 2.06. The van der Waals surface area contributed by atoms with E-state index in [2.05, 4.69) is 12.2 Å². The summed E-state index contributed by atoms with van der Waals surface area (Å²) in [4.78, 5) is 11.7. The largest absolute Gasteiger partial charge is 0.354 e. The minimum Gasteiger partial charge on any atom is -0.354 e. The maximum Gasteiger partial charge on any atom is 0.223 e. The summed E-state index contributed by atoms with van der Waals surface area (Å²) in [6.45, 7) is 6.13. The lowest BCUT2D eigenvalue weighted by atomic mass is 9.79. The number of hydrogen-bond acceptors (Lipinski definition) is 2. The van der Waals surface area contributed by atoms with E-state index in [1.807, 2.05) is 13.8 Å². The molecule has 0 bridgehead atoms. The number of rotatable bonds is 2. The Hall–Kier alpha value is -0.570. The molecule has 3 heteroatoms. The predicted octanol–water partition coefficient (Wildman–Crippen LogP) is 1.27. The van der Waals surface area contributed by atoms with Gasteiger partial charge in [-0.25, -0.2) is 0 Å². The van der Waals surface area contributed by atoms with Crippen LogP contribution in [0.3, 0.4) is 0 Å². The average Bonchev–Trinajstić information content (AvgIpc) is 2.08. The lowest BCUT2D eigenvalue weighted by Crippen LogP contribution is -2.42. The third kappa shape index (κ3) is 2.98. The second kappa shape index (κ2) is 4.78. The predicted molar refractivity (Wildman–Crippen MR) is 57.8 cm³/mol. The van der Waals surface area contributed by atoms with Crippen LogP contribution in [0.1, 0.15) is 40.0 Å². The summed E-state index contributed by atoms with van der Waals surface area (Å²) >= 11 is 0. The third-order valence-electron chi connectivity index (χ3n) is 3.04. The van der Waals surface area contributed by atoms with Crippen molar-refractivity contribution >= 4 is 5.91 Å². The van der Waals surface area contributed by atoms with Gasteiger partial charge in [0, 0.05) is 18.0 Å². The van der Waals surface area contributed by atoms with Crippen LogP contribution in [0.25, 0.3) is 0 Å². The van der Waals surface area contributed by atoms with Crippen molar-refractivity contribution in [3.8, 4) is 0 Å². The van der Waals surface area contributed by atoms with E-state index in [0.717, 1.165) is 19.3 Å². The minimum atomic E-state index is 0.187. The van der Waals surface area contributed by atoms with Crippen molar-refractivity contribution in [2.24, 2.45) is 17.6 Å². The van der Waals surface area contributed by atoms with Gasteiger partial charge in [0.1, 0.15) is 0 Å². The molecule has 3 unspecified atom stereocenters. The Kier molecular flexibility index (Phi) is 3.93. The maximum absolute atomic E-state index is 11.7. The van der Waals surface area contributed by atoms with Crippen LogP contribution in [-0.2, 0) is 4.79 Å². The Balaban J connectivity index is 2.42. The highest BCUT2D eigenvalue weighted by Crippen LogP contribution is 2.28. The van der Waals surface area contributed by atoms with Crippen molar-refractivity contribution in [2.45, 2.75) is 52.1 Å². The smallest absolute Gasteiger partial charge is 0.223 e. The van der Waals surface area contributed by atoms with Gasteiger partial charge in [0.25, 0.3) is 0 Å². The zero-order valence-electron chi connectivity index (χ0n) is 9.42. The van der Waals surface area contributed by atoms with Gasteiger partial charge in [0.05, 0.1) is 0 Å². The zero-order valence-corrected chi connectivity index (χ0v) is 9.42. The van der Waals surface area contributed by atoms with E-state index in [9.17, 15) is 4.79 Å². The summed E-state index contributed by atoms with van der Waals surface area (Å²) in [7, 11) is 0. The van der Waals surface area contributed by atoms with Gasteiger partial charge >= 0.3 is 0 Å². The molecule has 1 aliphatic rings. The van der Waals surface area contributed by atoms with Gasteiger partial charge in [-0.3, -0.25) is 4.79 Å². The van der Waals surface area contributed by atoms with E-state index in [4.69, 9.17) is 5.73 Å². The molecular weight excluding hydrogens is 176 g/mol. The van der Waals surface area contributed by atoms with E-state index in [0.29, 0.717) is 5.92 Å². The standard InChI is InChI=1S/C11H22N2O/c1-7(2)13-11(14)9-4-5-10(12)8(3)6-9/h7-10H,4-6,12H2,1-3H3,(H,13,14). The Labute approximate surface area is 86.4 Å². The molecule has 1 saturated carbocycles. The second-order valence-electron chi connectivity index (χ2n) is 4.81. The Morgan fingerprint density at radius 2 is 2.07 bits per heavy atom. The molecule has 0 aromatic heterocycles. The zero-order chi connectivity index (χ0) is 10.7. The summed E-state index contributed by atoms with van der Waals surface area (Å²) in [5.74, 6) is 0.873. The molecule has 0 aliphatic heterocycles. The molecule has 14 heavy (non-hydrogen) atoms. The van der Waals surface area contributed by atoms with E-state index >= 15 is 0 Å². The SMILES string of the molecule is CC(C)NC(=O)C1CCC(N)C(C)C1. The highest BCUT2D eigenvalue weighted by atomic mass is 16.1. The first kappa shape index (κ1) is 11.5. The molecule has 3 nitrogen and oxygen atoms in total. The molecule has 0 aromatic carbocycles. The Morgan fingerprint density at radius 3 is 2.57 bits per heavy atom. The number of amides is 1. The molecule has 82 valence electrons. The van der Waals surface area contributed by atoms with Gasteiger partial charge in [0.15, 0.2) is 0 Å². The lowest BCUT2D eigenvalue weighted by Gasteiger charge is -2.31. The molecular formula is C11H22N2O. The van der Waals surface area contributed by atoms with Crippen molar-refractivity contribution in [3.05, 3.63) is 0 Å². The molecule has 1 aliphatic carbocycles. The van der Waals surface area contributed by atoms with Gasteiger partial charge in [-0.15, -0.1) is 0 Å². The number of carbonyl (C=O) groups excluding carboxylic acids is 1. The van der Waals surface area contributed by atoms with Gasteiger partial charge < -0.3 is 11.1 Å². The number of carbonyl (C=O) groups is 1. The van der Waals surface area contributed by atoms with Crippen LogP contribution in [0, 0.1) is 11.8 Å². The summed E-state index contributed by atoms with van der Waals surface area (Å²) < 4.78 is 0. The fraction of sp³-hybridized carbons (Fsp3) is 0.909. The van der Waals surface area contributed by atoms with E-state index in [-0.39, 0.29) is 23.9 Å². The average molecular weight is 198 g/mol. The summed E-state index contributed by atoms with van der Waals surface area (Å²) in [5, 5.41) is 2.97. The summed E-state index contributed by atoms with van der Waals surface area (Å²) in [6, 6.07) is 0.534. The van der Waals surface area contributed by atoms with Crippen molar-refractivity contribution in [1.82, 2.24) is 5.32 Å². The highest BCUT2D eigenvalue weighted by Gasteiger charge is 2.29. The van der Waals surface area contributed by atoms with Crippen molar-refractivity contribution in [2.75, 3.05) is 0 Å². The van der Waals surface area contributed by atoms with Crippen LogP contribution in [0.4, 0.5) is 0 Å². The van der Waals surface area contributed by atoms with Crippen LogP contribution in [0.2, 0.25) is 0 Å². The minimum absolute atomic E-state index is 0.187. The molecule has 1 amide bonds. The number of nitrogens with two attached hydrogens (primary N) is 1. The van der Waals surface area contributed by atoms with E-state index in [1.54, 1.807) is 0 Å². The molecule has 1 rings (SSSR count). The molecule has 3 N–H and O–H groups in total. The van der Waals surface area contributed by atoms with Crippen LogP contribution in [0.15, 0.2) is 0 Å². The molecule has 0 spiro atoms. The first-order chi connectivity index (χ1) is 6.50. The molecule has 3 atom stereocenters. The second-order valence-corrected chi connectivity index (χ2v) is 4.81. The number of hydrogen-bond donors (Lipinski definition) is 2. The molecule has 0 heterocycles. The monoisotopic (exact) mass is 198 g/mol. The normalized spacial score (nSPS) is 33.1. The fourth-order valence-corrected chi connectivity index (χ4v) is 2.06. The third-order valence-corrected chi connectivity index (χ3v) is 3.04. The quantitative estimate of drug-likeness (QED) is 0.702. The van der Waals surface area contributed by atoms with E-state index in [1.165, 1.54) is 0 Å². The van der Waals surface area contributed by atoms with Crippen molar-refractivity contribution in [3.63, 3.8) is 0 Å². The number of nitrogens with one attached hydrogen (secondary N) is 1. The Morgan fingerprint density at radius 1 is 1.43 bits per heavy atom. The summed E-state index contributed by atoms with van der Waals surface area (Å²) in [5.41, 5.74) is 5.91. The van der Waals surface area contributed by atoms with Gasteiger partial charge in [-0.2, -0.15) is 0 Å². The molecule has 0 aromatic rings. The van der Waals surface area contributed by atoms with Gasteiger partial charge in [-0.05, 0) is 39.0 Å². The van der Waals surface area contributed by atoms with Crippen LogP contribution >= 0.6 is 0 Å². The van der Waals surface area contributed by atoms with Crippen LogP contribution in [0.5, 0.6) is 0 Å². The first-order valence-electron chi connectivity index (χ1n) is 5.56. The van der Waals surface area contributed by atoms with Crippen LogP contribution in [-0.4, -0.2) is 18.0 Å². The molecule has 1 fully saturated rings. The van der Waals surface area contributed by atoms with Crippen molar-refractivity contribution < 1.29 is 4.79 Å². The highest BCUT2D eigenvalue weighted by molar-refractivity contribution is 5.78. The van der Waals surface area contributed by atoms with E-state index < -0.39 is 0 Å². The first-order valence-corrected chi connectivity index (χ1v) is 5.56. The maximum atomic E-state index is 11.7. The Bertz CT molecular complexity index is 203. The van der Waals surface area contributed by atoms with Crippen LogP contribution < -0.4 is 11.1 Å². The van der Waals surface area contributed by atoms with Gasteiger partial charge in [-0.1, -0.05) is 6.92 Å². The summed E-state index contributed by atoms with van der Waals surface area (Å²) in [6.07, 6.45) is 2.88. The topological polar surface area (TPSA) is 55.1 Å². The molecule has 0 saturated heterocycles. The van der Waals surface area contributed by atoms with Gasteiger partial charge in [0.2, 0.25) is 5.91 Å².